The Kier molecular flexibility index (Phi) is 61.0. The van der Waals surface area contributed by atoms with Crippen molar-refractivity contribution in [3.8, 4) is 0 Å². The van der Waals surface area contributed by atoms with Crippen molar-refractivity contribution in [1.82, 2.24) is 0 Å². The van der Waals surface area contributed by atoms with Crippen LogP contribution in [-0.4, -0.2) is 23.9 Å². The van der Waals surface area contributed by atoms with Gasteiger partial charge in [0.25, 0.3) is 0 Å². The van der Waals surface area contributed by atoms with Gasteiger partial charge < -0.3 is 0 Å². The molecule has 0 rings (SSSR count). The molecule has 0 saturated carbocycles. The third-order valence-corrected chi connectivity index (χ3v) is 13.4. The molecule has 0 saturated heterocycles. The molecule has 0 aromatic rings. The topological polar surface area (TPSA) is 105 Å². The predicted molar refractivity (Wildman–Crippen MR) is 287 cm³/mol. The second-order valence-electron chi connectivity index (χ2n) is 20.4. The van der Waals surface area contributed by atoms with Gasteiger partial charge in [0.1, 0.15) is 0 Å². The SMILES string of the molecule is CCCCCCCCCCCC(=O)OOC(=O)CCCCCCCCCCC.CCCCCCCCCCCCCCCCCC(=O)OOC(=O)CCCCCCCCCCCCCCCCC. The summed E-state index contributed by atoms with van der Waals surface area (Å²) in [7, 11) is 0. The zero-order valence-corrected chi connectivity index (χ0v) is 46.0. The second-order valence-corrected chi connectivity index (χ2v) is 20.4. The average Bonchev–Trinajstić information content (AvgIpc) is 3.34. The molecule has 8 heteroatoms. The van der Waals surface area contributed by atoms with Gasteiger partial charge in [0, 0.05) is 0 Å². The Morgan fingerprint density at radius 1 is 0.176 bits per heavy atom. The highest BCUT2D eigenvalue weighted by Crippen LogP contribution is 2.17. The summed E-state index contributed by atoms with van der Waals surface area (Å²) in [4.78, 5) is 65.4. The van der Waals surface area contributed by atoms with E-state index in [1.54, 1.807) is 0 Å². The lowest BCUT2D eigenvalue weighted by atomic mass is 10.0. The third kappa shape index (κ3) is 61.9. The number of hydrogen-bond acceptors (Lipinski definition) is 8. The zero-order valence-electron chi connectivity index (χ0n) is 46.0. The molecule has 0 heterocycles. The second kappa shape index (κ2) is 61.0. The van der Waals surface area contributed by atoms with Crippen LogP contribution in [0.2, 0.25) is 0 Å². The van der Waals surface area contributed by atoms with E-state index < -0.39 is 23.9 Å². The molecule has 0 bridgehead atoms. The molecule has 8 nitrogen and oxygen atoms in total. The van der Waals surface area contributed by atoms with Crippen LogP contribution in [0, 0.1) is 0 Å². The quantitative estimate of drug-likeness (QED) is 0.0337. The van der Waals surface area contributed by atoms with Crippen molar-refractivity contribution in [3.63, 3.8) is 0 Å². The van der Waals surface area contributed by atoms with Crippen molar-refractivity contribution in [2.45, 2.75) is 362 Å². The van der Waals surface area contributed by atoms with Crippen molar-refractivity contribution < 1.29 is 38.7 Å². The van der Waals surface area contributed by atoms with E-state index in [-0.39, 0.29) is 0 Å². The van der Waals surface area contributed by atoms with E-state index in [0.717, 1.165) is 64.2 Å². The van der Waals surface area contributed by atoms with Crippen LogP contribution in [0.4, 0.5) is 0 Å². The molecule has 0 aliphatic carbocycles. The first kappa shape index (κ1) is 68.0. The standard InChI is InChI=1S/C36H70O4.C24H46O4/c1-3-5-7-9-11-13-15-17-19-21-23-25-27-29-31-33-35(37)39-40-36(38)34-32-30-28-26-24-22-20-18-16-14-12-10-8-6-4-2;1-3-5-7-9-11-13-15-17-19-21-23(25)27-28-24(26)22-20-18-16-14-12-10-8-6-4-2/h3-34H2,1-2H3;3-22H2,1-2H3. The van der Waals surface area contributed by atoms with Gasteiger partial charge in [0.15, 0.2) is 0 Å². The minimum atomic E-state index is -0.427. The lowest BCUT2D eigenvalue weighted by Crippen LogP contribution is -2.11. The smallest absolute Gasteiger partial charge is 0.247 e. The summed E-state index contributed by atoms with van der Waals surface area (Å²) in [5.41, 5.74) is 0. The summed E-state index contributed by atoms with van der Waals surface area (Å²) in [6.07, 6.45) is 61.9. The Morgan fingerprint density at radius 3 is 0.397 bits per heavy atom. The van der Waals surface area contributed by atoms with Crippen LogP contribution in [-0.2, 0) is 38.7 Å². The van der Waals surface area contributed by atoms with Crippen LogP contribution >= 0.6 is 0 Å². The fraction of sp³-hybridized carbons (Fsp3) is 0.933. The summed E-state index contributed by atoms with van der Waals surface area (Å²) < 4.78 is 0. The first-order chi connectivity index (χ1) is 33.4. The van der Waals surface area contributed by atoms with Gasteiger partial charge in [-0.3, -0.25) is 0 Å². The summed E-state index contributed by atoms with van der Waals surface area (Å²) in [5, 5.41) is 0. The van der Waals surface area contributed by atoms with E-state index in [4.69, 9.17) is 9.78 Å². The molecule has 0 aliphatic heterocycles. The summed E-state index contributed by atoms with van der Waals surface area (Å²) in [6.45, 7) is 9.01. The Balaban J connectivity index is 0. The molecule has 68 heavy (non-hydrogen) atoms. The molecule has 0 N–H and O–H groups in total. The maximum absolute atomic E-state index is 11.8. The Labute approximate surface area is 422 Å². The molecule has 0 unspecified atom stereocenters. The minimum absolute atomic E-state index is 0.334. The normalized spacial score (nSPS) is 11.0. The summed E-state index contributed by atoms with van der Waals surface area (Å²) in [6, 6.07) is 0. The van der Waals surface area contributed by atoms with Gasteiger partial charge in [-0.2, -0.15) is 0 Å². The number of carbonyl (C=O) groups is 4. The molecular weight excluding hydrogens is 849 g/mol. The molecule has 0 aromatic carbocycles. The summed E-state index contributed by atoms with van der Waals surface area (Å²) in [5.74, 6) is -1.69. The van der Waals surface area contributed by atoms with Crippen molar-refractivity contribution in [3.05, 3.63) is 0 Å². The van der Waals surface area contributed by atoms with Gasteiger partial charge in [-0.05, 0) is 25.7 Å². The van der Waals surface area contributed by atoms with Gasteiger partial charge in [-0.15, -0.1) is 0 Å². The Morgan fingerprint density at radius 2 is 0.279 bits per heavy atom. The highest BCUT2D eigenvalue weighted by atomic mass is 17.2. The first-order valence-corrected chi connectivity index (χ1v) is 30.2. The van der Waals surface area contributed by atoms with Gasteiger partial charge in [0.05, 0.1) is 25.7 Å². The van der Waals surface area contributed by atoms with Gasteiger partial charge >= 0.3 is 23.9 Å². The maximum Gasteiger partial charge on any atom is 0.355 e. The monoisotopic (exact) mass is 965 g/mol. The molecule has 0 amide bonds. The van der Waals surface area contributed by atoms with Crippen LogP contribution in [0.25, 0.3) is 0 Å². The number of hydrogen-bond donors (Lipinski definition) is 0. The van der Waals surface area contributed by atoms with Gasteiger partial charge in [-0.1, -0.05) is 310 Å². The molecule has 0 spiro atoms. The first-order valence-electron chi connectivity index (χ1n) is 30.2. The van der Waals surface area contributed by atoms with Crippen molar-refractivity contribution in [2.24, 2.45) is 0 Å². The molecule has 0 fully saturated rings. The van der Waals surface area contributed by atoms with Crippen LogP contribution in [0.3, 0.4) is 0 Å². The molecule has 0 atom stereocenters. The van der Waals surface area contributed by atoms with E-state index in [9.17, 15) is 19.2 Å². The number of rotatable bonds is 52. The van der Waals surface area contributed by atoms with Crippen LogP contribution in [0.1, 0.15) is 362 Å². The van der Waals surface area contributed by atoms with Crippen LogP contribution in [0.5, 0.6) is 0 Å². The molecule has 0 aromatic heterocycles. The molecular formula is C60H116O8. The average molecular weight is 966 g/mol. The highest BCUT2D eigenvalue weighted by molar-refractivity contribution is 5.73. The number of unbranched alkanes of at least 4 members (excludes halogenated alkanes) is 44. The van der Waals surface area contributed by atoms with Crippen molar-refractivity contribution in [1.29, 1.82) is 0 Å². The minimum Gasteiger partial charge on any atom is -0.247 e. The van der Waals surface area contributed by atoms with E-state index in [1.165, 1.54) is 244 Å². The zero-order chi connectivity index (χ0) is 49.9. The van der Waals surface area contributed by atoms with E-state index >= 15 is 0 Å². The van der Waals surface area contributed by atoms with E-state index in [0.29, 0.717) is 25.7 Å². The predicted octanol–water partition coefficient (Wildman–Crippen LogP) is 20.3. The van der Waals surface area contributed by atoms with E-state index in [2.05, 4.69) is 37.5 Å². The lowest BCUT2D eigenvalue weighted by molar-refractivity contribution is -0.259. The van der Waals surface area contributed by atoms with Gasteiger partial charge in [-0.25, -0.2) is 38.7 Å². The fourth-order valence-corrected chi connectivity index (χ4v) is 8.79. The maximum atomic E-state index is 11.8. The lowest BCUT2D eigenvalue weighted by Gasteiger charge is -2.05. The number of carbonyl (C=O) groups excluding carboxylic acids is 4. The molecule has 0 radical (unpaired) electrons. The van der Waals surface area contributed by atoms with Crippen LogP contribution in [0.15, 0.2) is 0 Å². The van der Waals surface area contributed by atoms with Crippen LogP contribution < -0.4 is 0 Å². The molecule has 404 valence electrons. The van der Waals surface area contributed by atoms with Gasteiger partial charge in [0.2, 0.25) is 0 Å². The highest BCUT2D eigenvalue weighted by Gasteiger charge is 2.11. The van der Waals surface area contributed by atoms with E-state index in [1.807, 2.05) is 0 Å². The summed E-state index contributed by atoms with van der Waals surface area (Å²) >= 11 is 0. The van der Waals surface area contributed by atoms with Crippen molar-refractivity contribution >= 4 is 23.9 Å². The molecule has 0 aliphatic rings. The largest absolute Gasteiger partial charge is 0.355 e. The fourth-order valence-electron chi connectivity index (χ4n) is 8.79. The third-order valence-electron chi connectivity index (χ3n) is 13.4. The Hall–Kier alpha value is -2.12. The van der Waals surface area contributed by atoms with Crippen molar-refractivity contribution in [2.75, 3.05) is 0 Å². The Bertz CT molecular complexity index is 951.